The summed E-state index contributed by atoms with van der Waals surface area (Å²) in [6, 6.07) is 0. The van der Waals surface area contributed by atoms with Crippen molar-refractivity contribution in [2.45, 2.75) is 11.8 Å². The summed E-state index contributed by atoms with van der Waals surface area (Å²) in [7, 11) is 0. The minimum Gasteiger partial charge on any atom is -0.234 e. The van der Waals surface area contributed by atoms with Crippen molar-refractivity contribution in [3.05, 3.63) is 23.8 Å². The third-order valence-electron chi connectivity index (χ3n) is 1.03. The summed E-state index contributed by atoms with van der Waals surface area (Å²) in [5.74, 6) is -0.511. The molecule has 60 valence electrons. The average Bonchev–Trinajstić information content (AvgIpc) is 1.86. The molecule has 11 heavy (non-hydrogen) atoms. The maximum atomic E-state index is 12.4. The summed E-state index contributed by atoms with van der Waals surface area (Å²) in [6.45, 7) is 1.73. The van der Waals surface area contributed by atoms with Crippen molar-refractivity contribution >= 4 is 15.9 Å². The maximum Gasteiger partial charge on any atom is 0.359 e. The third-order valence-corrected chi connectivity index (χ3v) is 1.39. The first-order valence-corrected chi connectivity index (χ1v) is 3.65. The van der Waals surface area contributed by atoms with E-state index in [1.54, 1.807) is 6.92 Å². The van der Waals surface area contributed by atoms with Crippen molar-refractivity contribution in [3.63, 3.8) is 0 Å². The molecule has 0 aromatic carbocycles. The molecule has 0 amide bonds. The van der Waals surface area contributed by atoms with Crippen molar-refractivity contribution in [1.29, 1.82) is 0 Å². The molecule has 0 atom stereocenters. The third kappa shape index (κ3) is 2.18. The summed E-state index contributed by atoms with van der Waals surface area (Å²) in [5.41, 5.74) is 0.755. The van der Waals surface area contributed by atoms with Crippen molar-refractivity contribution in [1.82, 2.24) is 9.97 Å². The summed E-state index contributed by atoms with van der Waals surface area (Å²) in [4.78, 5) is 3.76. The lowest BCUT2D eigenvalue weighted by molar-refractivity contribution is 0.103. The van der Waals surface area contributed by atoms with E-state index in [2.05, 4.69) is 25.9 Å². The topological polar surface area (TPSA) is 25.8 Å². The van der Waals surface area contributed by atoms with Gasteiger partial charge in [-0.15, -0.1) is 0 Å². The minimum atomic E-state index is -3.12. The fourth-order valence-electron chi connectivity index (χ4n) is 0.539. The van der Waals surface area contributed by atoms with Gasteiger partial charge in [0.1, 0.15) is 0 Å². The minimum absolute atomic E-state index is 0.511. The van der Waals surface area contributed by atoms with Crippen LogP contribution in [0.4, 0.5) is 8.78 Å². The van der Waals surface area contributed by atoms with Gasteiger partial charge in [-0.1, -0.05) is 0 Å². The summed E-state index contributed by atoms with van der Waals surface area (Å²) >= 11 is 2.15. The molecule has 0 N–H and O–H groups in total. The van der Waals surface area contributed by atoms with Crippen LogP contribution >= 0.6 is 15.9 Å². The number of alkyl halides is 3. The number of aryl methyl sites for hydroxylation is 1. The van der Waals surface area contributed by atoms with Crippen LogP contribution in [0.2, 0.25) is 0 Å². The van der Waals surface area contributed by atoms with Crippen molar-refractivity contribution in [3.8, 4) is 0 Å². The van der Waals surface area contributed by atoms with E-state index >= 15 is 0 Å². The van der Waals surface area contributed by atoms with E-state index in [0.29, 0.717) is 0 Å². The Morgan fingerprint density at radius 2 is 1.82 bits per heavy atom. The Hall–Kier alpha value is -0.580. The molecule has 1 heterocycles. The Morgan fingerprint density at radius 1 is 1.36 bits per heavy atom. The Kier molecular flexibility index (Phi) is 2.17. The number of halogens is 3. The molecule has 0 aliphatic heterocycles. The van der Waals surface area contributed by atoms with Gasteiger partial charge in [0, 0.05) is 12.4 Å². The summed E-state index contributed by atoms with van der Waals surface area (Å²) in [6.07, 6.45) is 2.69. The highest BCUT2D eigenvalue weighted by molar-refractivity contribution is 9.09. The Labute approximate surface area is 70.8 Å². The molecule has 2 nitrogen and oxygen atoms in total. The van der Waals surface area contributed by atoms with Gasteiger partial charge in [-0.2, -0.15) is 8.78 Å². The van der Waals surface area contributed by atoms with E-state index in [9.17, 15) is 8.78 Å². The van der Waals surface area contributed by atoms with Crippen LogP contribution in [-0.2, 0) is 4.83 Å². The smallest absolute Gasteiger partial charge is 0.234 e. The second-order valence-corrected chi connectivity index (χ2v) is 3.08. The van der Waals surface area contributed by atoms with Crippen molar-refractivity contribution in [2.24, 2.45) is 0 Å². The molecule has 0 aliphatic rings. The molecule has 0 saturated heterocycles. The zero-order chi connectivity index (χ0) is 8.48. The van der Waals surface area contributed by atoms with E-state index in [0.717, 1.165) is 5.56 Å². The van der Waals surface area contributed by atoms with Crippen LogP contribution in [0.3, 0.4) is 0 Å². The van der Waals surface area contributed by atoms with Crippen LogP contribution < -0.4 is 0 Å². The maximum absolute atomic E-state index is 12.4. The lowest BCUT2D eigenvalue weighted by Gasteiger charge is -2.04. The van der Waals surface area contributed by atoms with E-state index < -0.39 is 10.7 Å². The Bertz CT molecular complexity index is 242. The lowest BCUT2D eigenvalue weighted by Crippen LogP contribution is -2.08. The molecule has 0 unspecified atom stereocenters. The van der Waals surface area contributed by atoms with Gasteiger partial charge in [0.2, 0.25) is 5.82 Å². The zero-order valence-electron chi connectivity index (χ0n) is 5.68. The highest BCUT2D eigenvalue weighted by atomic mass is 79.9. The number of rotatable bonds is 1. The first-order valence-electron chi connectivity index (χ1n) is 2.86. The van der Waals surface area contributed by atoms with Gasteiger partial charge in [0.25, 0.3) is 0 Å². The number of aromatic nitrogens is 2. The quantitative estimate of drug-likeness (QED) is 0.682. The van der Waals surface area contributed by atoms with Crippen LogP contribution in [-0.4, -0.2) is 9.97 Å². The normalized spacial score (nSPS) is 11.6. The molecule has 1 rings (SSSR count). The molecular formula is C6H5BrF2N2. The highest BCUT2D eigenvalue weighted by Crippen LogP contribution is 2.31. The van der Waals surface area contributed by atoms with Gasteiger partial charge in [-0.25, -0.2) is 9.97 Å². The van der Waals surface area contributed by atoms with Gasteiger partial charge in [-0.05, 0) is 28.4 Å². The highest BCUT2D eigenvalue weighted by Gasteiger charge is 2.30. The second kappa shape index (κ2) is 2.81. The van der Waals surface area contributed by atoms with Gasteiger partial charge in [0.15, 0.2) is 0 Å². The standard InChI is InChI=1S/C6H5BrF2N2/c1-4-2-10-5(11-3-4)6(7,8)9/h2-3H,1H3. The molecule has 0 spiro atoms. The van der Waals surface area contributed by atoms with Gasteiger partial charge in [0.05, 0.1) is 0 Å². The van der Waals surface area contributed by atoms with Crippen LogP contribution in [0.5, 0.6) is 0 Å². The van der Waals surface area contributed by atoms with Crippen LogP contribution in [0.15, 0.2) is 12.4 Å². The van der Waals surface area contributed by atoms with Crippen LogP contribution in [0.25, 0.3) is 0 Å². The molecule has 1 aromatic rings. The molecule has 0 radical (unpaired) electrons. The Morgan fingerprint density at radius 3 is 2.18 bits per heavy atom. The molecule has 0 bridgehead atoms. The number of nitrogens with zero attached hydrogens (tertiary/aromatic N) is 2. The van der Waals surface area contributed by atoms with E-state index in [-0.39, 0.29) is 0 Å². The van der Waals surface area contributed by atoms with Crippen molar-refractivity contribution < 1.29 is 8.78 Å². The fourth-order valence-corrected chi connectivity index (χ4v) is 0.744. The molecule has 5 heteroatoms. The SMILES string of the molecule is Cc1cnc(C(F)(F)Br)nc1. The molecule has 0 fully saturated rings. The molecule has 0 aliphatic carbocycles. The van der Waals surface area contributed by atoms with E-state index in [1.807, 2.05) is 0 Å². The Balaban J connectivity index is 2.99. The number of hydrogen-bond donors (Lipinski definition) is 0. The summed E-state index contributed by atoms with van der Waals surface area (Å²) in [5, 5.41) is 0. The van der Waals surface area contributed by atoms with Crippen molar-refractivity contribution in [2.75, 3.05) is 0 Å². The monoisotopic (exact) mass is 222 g/mol. The number of hydrogen-bond acceptors (Lipinski definition) is 2. The zero-order valence-corrected chi connectivity index (χ0v) is 7.27. The average molecular weight is 223 g/mol. The van der Waals surface area contributed by atoms with Gasteiger partial charge in [-0.3, -0.25) is 0 Å². The fraction of sp³-hybridized carbons (Fsp3) is 0.333. The van der Waals surface area contributed by atoms with E-state index in [1.165, 1.54) is 12.4 Å². The molecule has 0 saturated carbocycles. The second-order valence-electron chi connectivity index (χ2n) is 2.08. The lowest BCUT2D eigenvalue weighted by atomic mass is 10.4. The first-order chi connectivity index (χ1) is 5.00. The first kappa shape index (κ1) is 8.52. The molecular weight excluding hydrogens is 218 g/mol. The van der Waals surface area contributed by atoms with Gasteiger partial charge < -0.3 is 0 Å². The predicted octanol–water partition coefficient (Wildman–Crippen LogP) is 2.23. The van der Waals surface area contributed by atoms with Gasteiger partial charge >= 0.3 is 4.83 Å². The largest absolute Gasteiger partial charge is 0.359 e. The van der Waals surface area contributed by atoms with Crippen LogP contribution in [0, 0.1) is 6.92 Å². The van der Waals surface area contributed by atoms with Crippen LogP contribution in [0.1, 0.15) is 11.4 Å². The predicted molar refractivity (Wildman–Crippen MR) is 39.6 cm³/mol. The molecule has 1 aromatic heterocycles. The van der Waals surface area contributed by atoms with E-state index in [4.69, 9.17) is 0 Å². The summed E-state index contributed by atoms with van der Waals surface area (Å²) < 4.78 is 24.8.